The molecule has 3 aromatic rings. The number of pyridine rings is 1. The molecule has 2 N–H and O–H groups in total. The average Bonchev–Trinajstić information content (AvgIpc) is 2.96. The molecule has 0 aromatic carbocycles. The first-order chi connectivity index (χ1) is 11.6. The van der Waals surface area contributed by atoms with E-state index in [-0.39, 0.29) is 5.88 Å². The fraction of sp³-hybridized carbons (Fsp3) is 0.133. The molecule has 3 heterocycles. The number of aromatic nitrogens is 5. The fourth-order valence-electron chi connectivity index (χ4n) is 1.91. The van der Waals surface area contributed by atoms with Crippen LogP contribution in [0.5, 0.6) is 5.88 Å². The van der Waals surface area contributed by atoms with Gasteiger partial charge in [-0.3, -0.25) is 15.0 Å². The minimum absolute atomic E-state index is 0.133. The van der Waals surface area contributed by atoms with Gasteiger partial charge in [-0.15, -0.1) is 0 Å². The number of aryl methyl sites for hydroxylation is 2. The molecule has 122 valence electrons. The molecule has 0 saturated carbocycles. The Morgan fingerprint density at radius 2 is 2.08 bits per heavy atom. The number of anilines is 3. The van der Waals surface area contributed by atoms with Gasteiger partial charge in [0.05, 0.1) is 6.20 Å². The topological polar surface area (TPSA) is 107 Å². The van der Waals surface area contributed by atoms with E-state index in [0.717, 1.165) is 0 Å². The number of nitrogens with one attached hydrogen (secondary N) is 2. The van der Waals surface area contributed by atoms with Crippen molar-refractivity contribution in [1.29, 1.82) is 0 Å². The third kappa shape index (κ3) is 3.83. The van der Waals surface area contributed by atoms with Crippen molar-refractivity contribution in [3.8, 4) is 5.88 Å². The molecule has 3 rings (SSSR count). The first-order valence-corrected chi connectivity index (χ1v) is 7.09. The molecule has 0 bridgehead atoms. The number of carbonyl (C=O) groups is 1. The van der Waals surface area contributed by atoms with Gasteiger partial charge >= 0.3 is 6.09 Å². The third-order valence-corrected chi connectivity index (χ3v) is 2.96. The van der Waals surface area contributed by atoms with Crippen LogP contribution in [-0.2, 0) is 7.05 Å². The lowest BCUT2D eigenvalue weighted by Gasteiger charge is -2.11. The smallest absolute Gasteiger partial charge is 0.389 e. The summed E-state index contributed by atoms with van der Waals surface area (Å²) in [6.07, 6.45) is 5.70. The van der Waals surface area contributed by atoms with Crippen LogP contribution in [0.2, 0.25) is 0 Å². The second kappa shape index (κ2) is 6.73. The minimum atomic E-state index is -0.686. The normalized spacial score (nSPS) is 10.2. The maximum Gasteiger partial charge on any atom is 0.419 e. The Labute approximate surface area is 137 Å². The van der Waals surface area contributed by atoms with Crippen molar-refractivity contribution in [2.24, 2.45) is 7.05 Å². The van der Waals surface area contributed by atoms with Gasteiger partial charge in [0, 0.05) is 37.4 Å². The monoisotopic (exact) mass is 325 g/mol. The van der Waals surface area contributed by atoms with Crippen molar-refractivity contribution >= 4 is 23.4 Å². The summed E-state index contributed by atoms with van der Waals surface area (Å²) in [5.74, 6) is 1.03. The summed E-state index contributed by atoms with van der Waals surface area (Å²) in [6, 6.07) is 5.20. The van der Waals surface area contributed by atoms with E-state index >= 15 is 0 Å². The van der Waals surface area contributed by atoms with E-state index < -0.39 is 6.09 Å². The summed E-state index contributed by atoms with van der Waals surface area (Å²) in [5.41, 5.74) is 1.21. The molecule has 0 saturated heterocycles. The molecule has 0 unspecified atom stereocenters. The molecule has 1 amide bonds. The fourth-order valence-corrected chi connectivity index (χ4v) is 1.91. The largest absolute Gasteiger partial charge is 0.419 e. The highest BCUT2D eigenvalue weighted by Crippen LogP contribution is 2.25. The molecule has 9 heteroatoms. The average molecular weight is 325 g/mol. The summed E-state index contributed by atoms with van der Waals surface area (Å²) in [5, 5.41) is 9.60. The Kier molecular flexibility index (Phi) is 4.32. The van der Waals surface area contributed by atoms with Gasteiger partial charge in [0.1, 0.15) is 11.5 Å². The molecule has 3 aromatic heterocycles. The highest BCUT2D eigenvalue weighted by atomic mass is 16.6. The van der Waals surface area contributed by atoms with Gasteiger partial charge in [-0.2, -0.15) is 5.10 Å². The van der Waals surface area contributed by atoms with Crippen LogP contribution in [0.1, 0.15) is 5.69 Å². The maximum absolute atomic E-state index is 12.0. The summed E-state index contributed by atoms with van der Waals surface area (Å²) in [7, 11) is 1.75. The van der Waals surface area contributed by atoms with E-state index in [9.17, 15) is 4.79 Å². The molecule has 0 aliphatic rings. The van der Waals surface area contributed by atoms with Crippen LogP contribution in [-0.4, -0.2) is 30.8 Å². The van der Waals surface area contributed by atoms with E-state index in [1.54, 1.807) is 61.6 Å². The van der Waals surface area contributed by atoms with Gasteiger partial charge in [0.15, 0.2) is 5.82 Å². The second-order valence-corrected chi connectivity index (χ2v) is 4.91. The third-order valence-electron chi connectivity index (χ3n) is 2.96. The van der Waals surface area contributed by atoms with Crippen molar-refractivity contribution in [2.45, 2.75) is 6.92 Å². The standard InChI is InChI=1S/C15H15N7O2/c1-10-3-4-11(19-13-9-16-6-7-17-13)14(18-10)24-15(23)20-12-5-8-22(2)21-12/h3-9H,1-2H3,(H,17,19)(H,20,21,23). The summed E-state index contributed by atoms with van der Waals surface area (Å²) < 4.78 is 6.86. The number of hydrogen-bond donors (Lipinski definition) is 2. The van der Waals surface area contributed by atoms with Crippen LogP contribution in [0.3, 0.4) is 0 Å². The predicted molar refractivity (Wildman–Crippen MR) is 87.1 cm³/mol. The SMILES string of the molecule is Cc1ccc(Nc2cnccn2)c(OC(=O)Nc2ccn(C)n2)n1. The van der Waals surface area contributed by atoms with Gasteiger partial charge < -0.3 is 10.1 Å². The summed E-state index contributed by atoms with van der Waals surface area (Å²) in [6.45, 7) is 1.80. The number of nitrogens with zero attached hydrogens (tertiary/aromatic N) is 5. The van der Waals surface area contributed by atoms with E-state index in [2.05, 4.69) is 30.7 Å². The van der Waals surface area contributed by atoms with Crippen LogP contribution in [0, 0.1) is 6.92 Å². The zero-order valence-corrected chi connectivity index (χ0v) is 13.1. The molecule has 0 fully saturated rings. The van der Waals surface area contributed by atoms with Crippen LogP contribution in [0.25, 0.3) is 0 Å². The lowest BCUT2D eigenvalue weighted by atomic mass is 10.3. The van der Waals surface area contributed by atoms with E-state index in [1.165, 1.54) is 0 Å². The van der Waals surface area contributed by atoms with Gasteiger partial charge in [-0.1, -0.05) is 0 Å². The Bertz CT molecular complexity index is 848. The Morgan fingerprint density at radius 1 is 1.21 bits per heavy atom. The lowest BCUT2D eigenvalue weighted by Crippen LogP contribution is -2.18. The summed E-state index contributed by atoms with van der Waals surface area (Å²) in [4.78, 5) is 24.4. The number of rotatable bonds is 4. The maximum atomic E-state index is 12.0. The highest BCUT2D eigenvalue weighted by Gasteiger charge is 2.13. The number of ether oxygens (including phenoxy) is 1. The van der Waals surface area contributed by atoms with Gasteiger partial charge in [-0.05, 0) is 19.1 Å². The number of hydrogen-bond acceptors (Lipinski definition) is 7. The van der Waals surface area contributed by atoms with E-state index in [4.69, 9.17) is 4.74 Å². The van der Waals surface area contributed by atoms with Crippen molar-refractivity contribution in [3.63, 3.8) is 0 Å². The van der Waals surface area contributed by atoms with Gasteiger partial charge in [0.2, 0.25) is 5.88 Å². The molecule has 0 aliphatic heterocycles. The van der Waals surface area contributed by atoms with Crippen molar-refractivity contribution < 1.29 is 9.53 Å². The van der Waals surface area contributed by atoms with Crippen molar-refractivity contribution in [1.82, 2.24) is 24.7 Å². The van der Waals surface area contributed by atoms with Crippen LogP contribution >= 0.6 is 0 Å². The first kappa shape index (κ1) is 15.4. The zero-order chi connectivity index (χ0) is 16.9. The van der Waals surface area contributed by atoms with Gasteiger partial charge in [-0.25, -0.2) is 14.8 Å². The van der Waals surface area contributed by atoms with Crippen LogP contribution < -0.4 is 15.4 Å². The quantitative estimate of drug-likeness (QED) is 0.757. The molecular formula is C15H15N7O2. The highest BCUT2D eigenvalue weighted by molar-refractivity contribution is 5.85. The van der Waals surface area contributed by atoms with E-state index in [0.29, 0.717) is 23.0 Å². The Balaban J connectivity index is 1.76. The van der Waals surface area contributed by atoms with Crippen molar-refractivity contribution in [2.75, 3.05) is 10.6 Å². The molecular weight excluding hydrogens is 310 g/mol. The molecule has 0 spiro atoms. The Hall–Kier alpha value is -3.49. The van der Waals surface area contributed by atoms with Crippen LogP contribution in [0.15, 0.2) is 43.0 Å². The van der Waals surface area contributed by atoms with Crippen LogP contribution in [0.4, 0.5) is 22.1 Å². The van der Waals surface area contributed by atoms with E-state index in [1.807, 2.05) is 0 Å². The summed E-state index contributed by atoms with van der Waals surface area (Å²) >= 11 is 0. The zero-order valence-electron chi connectivity index (χ0n) is 13.1. The predicted octanol–water partition coefficient (Wildman–Crippen LogP) is 2.27. The molecule has 0 atom stereocenters. The minimum Gasteiger partial charge on any atom is -0.389 e. The lowest BCUT2D eigenvalue weighted by molar-refractivity contribution is 0.213. The molecule has 9 nitrogen and oxygen atoms in total. The molecule has 24 heavy (non-hydrogen) atoms. The number of carbonyl (C=O) groups excluding carboxylic acids is 1. The Morgan fingerprint density at radius 3 is 2.79 bits per heavy atom. The number of amides is 1. The van der Waals surface area contributed by atoms with Gasteiger partial charge in [0.25, 0.3) is 0 Å². The molecule has 0 radical (unpaired) electrons. The van der Waals surface area contributed by atoms with Crippen molar-refractivity contribution in [3.05, 3.63) is 48.7 Å². The second-order valence-electron chi connectivity index (χ2n) is 4.91. The molecule has 0 aliphatic carbocycles. The first-order valence-electron chi connectivity index (χ1n) is 7.09.